The number of aromatic hydroxyl groups is 1. The number of hydrogen-bond donors (Lipinski definition) is 1. The maximum absolute atomic E-state index is 9.80. The lowest BCUT2D eigenvalue weighted by Crippen LogP contribution is -2.45. The summed E-state index contributed by atoms with van der Waals surface area (Å²) >= 11 is 3.57. The quantitative estimate of drug-likeness (QED) is 0.797. The fourth-order valence-corrected chi connectivity index (χ4v) is 4.37. The van der Waals surface area contributed by atoms with Gasteiger partial charge in [0.1, 0.15) is 5.75 Å². The van der Waals surface area contributed by atoms with Crippen LogP contribution in [-0.4, -0.2) is 36.8 Å². The number of benzene rings is 1. The molecule has 92 valence electrons. The summed E-state index contributed by atoms with van der Waals surface area (Å²) in [5, 5.41) is 9.80. The zero-order chi connectivity index (χ0) is 12.4. The van der Waals surface area contributed by atoms with Crippen LogP contribution in [0.1, 0.15) is 18.9 Å². The zero-order valence-electron chi connectivity index (χ0n) is 10.4. The molecule has 0 aromatic heterocycles. The van der Waals surface area contributed by atoms with Crippen LogP contribution in [-0.2, 0) is 5.41 Å². The molecular formula is C13H17BrN2O. The summed E-state index contributed by atoms with van der Waals surface area (Å²) < 4.78 is 0.985. The largest absolute Gasteiger partial charge is 0.508 e. The van der Waals surface area contributed by atoms with E-state index >= 15 is 0 Å². The van der Waals surface area contributed by atoms with Gasteiger partial charge in [-0.2, -0.15) is 0 Å². The van der Waals surface area contributed by atoms with Crippen LogP contribution in [0.3, 0.4) is 0 Å². The van der Waals surface area contributed by atoms with Gasteiger partial charge in [-0.3, -0.25) is 4.90 Å². The Kier molecular flexibility index (Phi) is 2.26. The maximum Gasteiger partial charge on any atom is 0.117 e. The number of phenols is 1. The van der Waals surface area contributed by atoms with Gasteiger partial charge in [-0.15, -0.1) is 0 Å². The van der Waals surface area contributed by atoms with Crippen molar-refractivity contribution in [2.75, 3.05) is 25.5 Å². The monoisotopic (exact) mass is 296 g/mol. The Morgan fingerprint density at radius 1 is 1.41 bits per heavy atom. The lowest BCUT2D eigenvalue weighted by atomic mass is 9.81. The molecule has 2 atom stereocenters. The van der Waals surface area contributed by atoms with Crippen molar-refractivity contribution in [2.24, 2.45) is 0 Å². The Balaban J connectivity index is 2.25. The summed E-state index contributed by atoms with van der Waals surface area (Å²) in [6, 6.07) is 3.70. The van der Waals surface area contributed by atoms with Crippen LogP contribution in [0.2, 0.25) is 0 Å². The van der Waals surface area contributed by atoms with E-state index < -0.39 is 0 Å². The van der Waals surface area contributed by atoms with Crippen LogP contribution in [0, 0.1) is 0 Å². The predicted octanol–water partition coefficient (Wildman–Crippen LogP) is 2.52. The van der Waals surface area contributed by atoms with Crippen molar-refractivity contribution in [2.45, 2.75) is 24.9 Å². The molecule has 17 heavy (non-hydrogen) atoms. The highest BCUT2D eigenvalue weighted by atomic mass is 79.9. The SMILES string of the molecule is CN1CC[C@]2(C)c3cc(O)cc(Br)c3N(C)[C@H]12. The van der Waals surface area contributed by atoms with Crippen LogP contribution in [0.15, 0.2) is 16.6 Å². The minimum absolute atomic E-state index is 0.125. The number of phenolic OH excluding ortho intramolecular Hbond substituents is 1. The van der Waals surface area contributed by atoms with Gasteiger partial charge < -0.3 is 10.0 Å². The highest BCUT2D eigenvalue weighted by Crippen LogP contribution is 2.54. The lowest BCUT2D eigenvalue weighted by molar-refractivity contribution is 0.268. The number of likely N-dealkylation sites (tertiary alicyclic amines) is 1. The van der Waals surface area contributed by atoms with Crippen molar-refractivity contribution >= 4 is 21.6 Å². The van der Waals surface area contributed by atoms with E-state index in [1.165, 1.54) is 11.3 Å². The molecule has 2 heterocycles. The molecule has 4 heteroatoms. The van der Waals surface area contributed by atoms with Gasteiger partial charge in [-0.05, 0) is 47.1 Å². The Morgan fingerprint density at radius 3 is 2.82 bits per heavy atom. The van der Waals surface area contributed by atoms with E-state index in [2.05, 4.69) is 46.7 Å². The van der Waals surface area contributed by atoms with E-state index in [9.17, 15) is 5.11 Å². The molecule has 2 aliphatic heterocycles. The van der Waals surface area contributed by atoms with Crippen LogP contribution in [0.4, 0.5) is 5.69 Å². The lowest BCUT2D eigenvalue weighted by Gasteiger charge is -2.32. The van der Waals surface area contributed by atoms with E-state index in [-0.39, 0.29) is 5.41 Å². The third-order valence-corrected chi connectivity index (χ3v) is 4.96. The van der Waals surface area contributed by atoms with Gasteiger partial charge in [0.05, 0.1) is 11.9 Å². The number of anilines is 1. The standard InChI is InChI=1S/C13H17BrN2O/c1-13-4-5-15(2)12(13)16(3)11-9(13)6-8(17)7-10(11)14/h6-7,12,17H,4-5H2,1-3H3/t12-,13+/m0/s1. The minimum atomic E-state index is 0.125. The molecule has 0 bridgehead atoms. The fraction of sp³-hybridized carbons (Fsp3) is 0.538. The second-order valence-corrected chi connectivity index (χ2v) is 6.31. The number of nitrogens with zero attached hydrogens (tertiary/aromatic N) is 2. The van der Waals surface area contributed by atoms with Crippen LogP contribution < -0.4 is 4.90 Å². The molecule has 0 unspecified atom stereocenters. The number of likely N-dealkylation sites (N-methyl/N-ethyl adjacent to an activating group) is 2. The topological polar surface area (TPSA) is 26.7 Å². The molecule has 0 aliphatic carbocycles. The second-order valence-electron chi connectivity index (χ2n) is 5.46. The third kappa shape index (κ3) is 1.31. The second kappa shape index (κ2) is 3.39. The normalized spacial score (nSPS) is 31.8. The third-order valence-electron chi connectivity index (χ3n) is 4.35. The summed E-state index contributed by atoms with van der Waals surface area (Å²) in [7, 11) is 4.31. The molecule has 1 saturated heterocycles. The Morgan fingerprint density at radius 2 is 2.12 bits per heavy atom. The van der Waals surface area contributed by atoms with Gasteiger partial charge in [-0.1, -0.05) is 6.92 Å². The van der Waals surface area contributed by atoms with E-state index in [4.69, 9.17) is 0 Å². The first-order valence-corrected chi connectivity index (χ1v) is 6.70. The van der Waals surface area contributed by atoms with E-state index in [0.717, 1.165) is 17.4 Å². The first-order valence-electron chi connectivity index (χ1n) is 5.91. The Hall–Kier alpha value is -0.740. The van der Waals surface area contributed by atoms with Crippen molar-refractivity contribution in [1.82, 2.24) is 4.90 Å². The number of hydrogen-bond acceptors (Lipinski definition) is 3. The average molecular weight is 297 g/mol. The predicted molar refractivity (Wildman–Crippen MR) is 72.6 cm³/mol. The Labute approximate surface area is 110 Å². The van der Waals surface area contributed by atoms with E-state index in [0.29, 0.717) is 11.9 Å². The fourth-order valence-electron chi connectivity index (χ4n) is 3.64. The van der Waals surface area contributed by atoms with Crippen molar-refractivity contribution < 1.29 is 5.11 Å². The van der Waals surface area contributed by atoms with Crippen LogP contribution >= 0.6 is 15.9 Å². The summed E-state index contributed by atoms with van der Waals surface area (Å²) in [6.45, 7) is 3.41. The molecule has 3 nitrogen and oxygen atoms in total. The van der Waals surface area contributed by atoms with Crippen molar-refractivity contribution in [3.8, 4) is 5.75 Å². The van der Waals surface area contributed by atoms with Crippen LogP contribution in [0.25, 0.3) is 0 Å². The molecule has 1 aromatic carbocycles. The van der Waals surface area contributed by atoms with Gasteiger partial charge in [0.15, 0.2) is 0 Å². The first-order chi connectivity index (χ1) is 7.95. The average Bonchev–Trinajstić information content (AvgIpc) is 2.64. The van der Waals surface area contributed by atoms with Gasteiger partial charge in [0, 0.05) is 23.5 Å². The minimum Gasteiger partial charge on any atom is -0.508 e. The molecule has 0 spiro atoms. The number of rotatable bonds is 0. The number of fused-ring (bicyclic) bond motifs is 3. The summed E-state index contributed by atoms with van der Waals surface area (Å²) in [4.78, 5) is 4.72. The first kappa shape index (κ1) is 11.4. The molecule has 2 aliphatic rings. The smallest absolute Gasteiger partial charge is 0.117 e. The molecular weight excluding hydrogens is 280 g/mol. The molecule has 1 fully saturated rings. The molecule has 0 saturated carbocycles. The summed E-state index contributed by atoms with van der Waals surface area (Å²) in [6.07, 6.45) is 1.54. The van der Waals surface area contributed by atoms with Crippen molar-refractivity contribution in [1.29, 1.82) is 0 Å². The van der Waals surface area contributed by atoms with Gasteiger partial charge in [0.2, 0.25) is 0 Å². The van der Waals surface area contributed by atoms with E-state index in [1.807, 2.05) is 6.07 Å². The molecule has 3 rings (SSSR count). The summed E-state index contributed by atoms with van der Waals surface area (Å²) in [5.74, 6) is 0.348. The molecule has 0 amide bonds. The van der Waals surface area contributed by atoms with Gasteiger partial charge in [0.25, 0.3) is 0 Å². The van der Waals surface area contributed by atoms with Crippen LogP contribution in [0.5, 0.6) is 5.75 Å². The molecule has 1 aromatic rings. The highest BCUT2D eigenvalue weighted by molar-refractivity contribution is 9.10. The van der Waals surface area contributed by atoms with Crippen molar-refractivity contribution in [3.05, 3.63) is 22.2 Å². The molecule has 0 radical (unpaired) electrons. The zero-order valence-corrected chi connectivity index (χ0v) is 12.0. The molecule has 1 N–H and O–H groups in total. The van der Waals surface area contributed by atoms with Gasteiger partial charge in [-0.25, -0.2) is 0 Å². The highest BCUT2D eigenvalue weighted by Gasteiger charge is 2.52. The Bertz CT molecular complexity index is 491. The maximum atomic E-state index is 9.80. The van der Waals surface area contributed by atoms with E-state index in [1.54, 1.807) is 6.07 Å². The summed E-state index contributed by atoms with van der Waals surface area (Å²) in [5.41, 5.74) is 2.61. The van der Waals surface area contributed by atoms with Crippen molar-refractivity contribution in [3.63, 3.8) is 0 Å². The van der Waals surface area contributed by atoms with Gasteiger partial charge >= 0.3 is 0 Å². The number of halogens is 1.